The Morgan fingerprint density at radius 3 is 2.89 bits per heavy atom. The average molecular weight is 466 g/mol. The number of aromatic nitrogens is 1. The Morgan fingerprint density at radius 2 is 2.00 bits per heavy atom. The molecule has 1 unspecified atom stereocenters. The van der Waals surface area contributed by atoms with Crippen molar-refractivity contribution in [3.05, 3.63) is 77.7 Å². The second-order valence-corrected chi connectivity index (χ2v) is 12.5. The van der Waals surface area contributed by atoms with Crippen LogP contribution >= 0.6 is 0 Å². The molecule has 3 fully saturated rings. The molecule has 8 rings (SSSR count). The summed E-state index contributed by atoms with van der Waals surface area (Å²) >= 11 is 0. The highest BCUT2D eigenvalue weighted by Crippen LogP contribution is 2.69. The third kappa shape index (κ3) is 2.71. The van der Waals surface area contributed by atoms with Crippen molar-refractivity contribution < 1.29 is 4.74 Å². The van der Waals surface area contributed by atoms with E-state index in [2.05, 4.69) is 65.4 Å². The molecule has 180 valence electrons. The predicted molar refractivity (Wildman–Crippen MR) is 139 cm³/mol. The van der Waals surface area contributed by atoms with Gasteiger partial charge in [-0.05, 0) is 90.0 Å². The number of rotatable bonds is 2. The van der Waals surface area contributed by atoms with Gasteiger partial charge in [0.15, 0.2) is 0 Å². The quantitative estimate of drug-likeness (QED) is 0.657. The highest BCUT2D eigenvalue weighted by Gasteiger charge is 2.66. The molecule has 2 saturated heterocycles. The van der Waals surface area contributed by atoms with Gasteiger partial charge in [-0.15, -0.1) is 0 Å². The number of benzene rings is 1. The average Bonchev–Trinajstić information content (AvgIpc) is 3.36. The van der Waals surface area contributed by atoms with Gasteiger partial charge < -0.3 is 10.5 Å². The van der Waals surface area contributed by atoms with Crippen LogP contribution < -0.4 is 5.73 Å². The third-order valence-electron chi connectivity index (χ3n) is 10.8. The summed E-state index contributed by atoms with van der Waals surface area (Å²) in [5.41, 5.74) is 10.5. The van der Waals surface area contributed by atoms with Crippen LogP contribution in [0.4, 0.5) is 0 Å². The number of hydrogen-bond acceptors (Lipinski definition) is 4. The molecule has 1 aromatic heterocycles. The first-order valence-corrected chi connectivity index (χ1v) is 13.6. The summed E-state index contributed by atoms with van der Waals surface area (Å²) < 4.78 is 7.43. The molecule has 2 spiro atoms. The van der Waals surface area contributed by atoms with Crippen molar-refractivity contribution in [1.82, 2.24) is 9.88 Å². The molecule has 3 aliphatic heterocycles. The summed E-state index contributed by atoms with van der Waals surface area (Å²) in [5.74, 6) is 1.14. The zero-order valence-corrected chi connectivity index (χ0v) is 20.6. The van der Waals surface area contributed by atoms with Gasteiger partial charge in [-0.3, -0.25) is 9.88 Å². The zero-order valence-electron chi connectivity index (χ0n) is 20.6. The van der Waals surface area contributed by atoms with Gasteiger partial charge in [-0.25, -0.2) is 0 Å². The summed E-state index contributed by atoms with van der Waals surface area (Å²) in [5, 5.41) is 2.54. The minimum absolute atomic E-state index is 0.106. The van der Waals surface area contributed by atoms with E-state index in [4.69, 9.17) is 10.5 Å². The van der Waals surface area contributed by atoms with Gasteiger partial charge in [-0.2, -0.15) is 0 Å². The first kappa shape index (κ1) is 20.9. The monoisotopic (exact) mass is 465 g/mol. The van der Waals surface area contributed by atoms with Crippen LogP contribution in [-0.2, 0) is 4.74 Å². The molecular weight excluding hydrogens is 430 g/mol. The van der Waals surface area contributed by atoms with Crippen LogP contribution in [0, 0.1) is 11.3 Å². The van der Waals surface area contributed by atoms with Crippen LogP contribution in [0.25, 0.3) is 10.8 Å². The van der Waals surface area contributed by atoms with Crippen LogP contribution in [0.5, 0.6) is 0 Å². The normalized spacial score (nSPS) is 42.2. The lowest BCUT2D eigenvalue weighted by Gasteiger charge is -2.54. The summed E-state index contributed by atoms with van der Waals surface area (Å²) in [6.07, 6.45) is 20.8. The molecule has 1 saturated carbocycles. The molecule has 4 heterocycles. The molecule has 3 aliphatic carbocycles. The number of hydrogen-bond donors (Lipinski definition) is 1. The van der Waals surface area contributed by atoms with E-state index in [1.54, 1.807) is 0 Å². The number of allylic oxidation sites excluding steroid dienone is 1. The summed E-state index contributed by atoms with van der Waals surface area (Å²) in [6.45, 7) is 4.59. The molecule has 4 heteroatoms. The molecule has 1 aromatic carbocycles. The first-order chi connectivity index (χ1) is 17.0. The van der Waals surface area contributed by atoms with Gasteiger partial charge in [-0.1, -0.05) is 43.4 Å². The van der Waals surface area contributed by atoms with E-state index in [9.17, 15) is 0 Å². The maximum Gasteiger partial charge on any atom is 0.0975 e. The Hall–Kier alpha value is -2.27. The molecule has 2 aromatic rings. The van der Waals surface area contributed by atoms with E-state index in [0.29, 0.717) is 23.9 Å². The van der Waals surface area contributed by atoms with Gasteiger partial charge in [0.25, 0.3) is 0 Å². The molecule has 35 heavy (non-hydrogen) atoms. The lowest BCUT2D eigenvalue weighted by molar-refractivity contribution is -0.134. The van der Waals surface area contributed by atoms with Crippen molar-refractivity contribution in [1.29, 1.82) is 0 Å². The SMILES string of the molecule is C[C@]12CC=C3C=C4C=C[C@@H](N5CC(N)C5)C[C@]45CCC3(O5)[C@@H]1CC[C@@H]2c1ccc2ccncc2c1. The van der Waals surface area contributed by atoms with Crippen molar-refractivity contribution in [3.63, 3.8) is 0 Å². The van der Waals surface area contributed by atoms with Crippen molar-refractivity contribution in [2.45, 2.75) is 74.7 Å². The summed E-state index contributed by atoms with van der Waals surface area (Å²) in [7, 11) is 0. The van der Waals surface area contributed by atoms with Crippen molar-refractivity contribution in [2.24, 2.45) is 17.1 Å². The Bertz CT molecular complexity index is 1320. The second kappa shape index (κ2) is 6.94. The molecule has 4 nitrogen and oxygen atoms in total. The van der Waals surface area contributed by atoms with E-state index in [0.717, 1.165) is 38.8 Å². The molecule has 0 radical (unpaired) electrons. The van der Waals surface area contributed by atoms with Crippen molar-refractivity contribution in [2.75, 3.05) is 13.1 Å². The fourth-order valence-electron chi connectivity index (χ4n) is 8.98. The minimum atomic E-state index is -0.110. The standard InChI is InChI=1S/C31H35N3O/c1-29-10-8-24-15-23-4-5-26(34-18-25(32)19-34)16-30(23)11-12-31(24,35-30)28(29)7-6-27(29)21-3-2-20-9-13-33-17-22(20)14-21/h2-5,8-9,13-15,17,25-28H,6-7,10-12,16,18-19,32H2,1H3/t26-,27-,28-,29-,30-,31?/m1/s1. The Balaban J connectivity index is 1.15. The Labute approximate surface area is 207 Å². The fraction of sp³-hybridized carbons (Fsp3) is 0.516. The molecule has 6 atom stereocenters. The van der Waals surface area contributed by atoms with E-state index in [-0.39, 0.29) is 16.6 Å². The van der Waals surface area contributed by atoms with Crippen LogP contribution in [-0.4, -0.2) is 46.3 Å². The summed E-state index contributed by atoms with van der Waals surface area (Å²) in [4.78, 5) is 6.92. The summed E-state index contributed by atoms with van der Waals surface area (Å²) in [6, 6.07) is 9.99. The lowest BCUT2D eigenvalue weighted by atomic mass is 9.58. The minimum Gasteiger partial charge on any atom is -0.359 e. The smallest absolute Gasteiger partial charge is 0.0975 e. The number of likely N-dealkylation sites (tertiary alicyclic amines) is 1. The highest BCUT2D eigenvalue weighted by atomic mass is 16.5. The fourth-order valence-corrected chi connectivity index (χ4v) is 8.98. The third-order valence-corrected chi connectivity index (χ3v) is 10.8. The van der Waals surface area contributed by atoms with E-state index in [1.165, 1.54) is 40.3 Å². The molecule has 2 bridgehead atoms. The molecule has 6 aliphatic rings. The number of nitrogens with zero attached hydrogens (tertiary/aromatic N) is 2. The maximum absolute atomic E-state index is 7.43. The maximum atomic E-state index is 7.43. The van der Waals surface area contributed by atoms with Gasteiger partial charge in [0.05, 0.1) is 11.2 Å². The molecule has 2 N–H and O–H groups in total. The van der Waals surface area contributed by atoms with Gasteiger partial charge in [0.2, 0.25) is 0 Å². The van der Waals surface area contributed by atoms with E-state index in [1.807, 2.05) is 12.4 Å². The largest absolute Gasteiger partial charge is 0.359 e. The van der Waals surface area contributed by atoms with Gasteiger partial charge in [0.1, 0.15) is 0 Å². The van der Waals surface area contributed by atoms with Crippen molar-refractivity contribution >= 4 is 10.8 Å². The first-order valence-electron chi connectivity index (χ1n) is 13.6. The number of ether oxygens (including phenoxy) is 1. The molecular formula is C31H35N3O. The van der Waals surface area contributed by atoms with Crippen LogP contribution in [0.1, 0.15) is 56.9 Å². The topological polar surface area (TPSA) is 51.4 Å². The van der Waals surface area contributed by atoms with Gasteiger partial charge in [0, 0.05) is 43.0 Å². The number of pyridine rings is 1. The van der Waals surface area contributed by atoms with Crippen LogP contribution in [0.15, 0.2) is 72.1 Å². The van der Waals surface area contributed by atoms with Crippen LogP contribution in [0.2, 0.25) is 0 Å². The van der Waals surface area contributed by atoms with Crippen molar-refractivity contribution in [3.8, 4) is 0 Å². The Morgan fingerprint density at radius 1 is 1.09 bits per heavy atom. The van der Waals surface area contributed by atoms with Gasteiger partial charge >= 0.3 is 0 Å². The number of fused-ring (bicyclic) bond motifs is 2. The second-order valence-electron chi connectivity index (χ2n) is 12.5. The Kier molecular flexibility index (Phi) is 4.14. The zero-order chi connectivity index (χ0) is 23.4. The lowest BCUT2D eigenvalue weighted by Crippen LogP contribution is -2.61. The van der Waals surface area contributed by atoms with E-state index < -0.39 is 0 Å². The van der Waals surface area contributed by atoms with E-state index >= 15 is 0 Å². The number of nitrogens with two attached hydrogens (primary N) is 1. The molecule has 0 amide bonds. The highest BCUT2D eigenvalue weighted by molar-refractivity contribution is 5.82. The predicted octanol–water partition coefficient (Wildman–Crippen LogP) is 5.26. The van der Waals surface area contributed by atoms with Crippen LogP contribution in [0.3, 0.4) is 0 Å².